The first kappa shape index (κ1) is 18.5. The summed E-state index contributed by atoms with van der Waals surface area (Å²) >= 11 is 0. The van der Waals surface area contributed by atoms with Gasteiger partial charge in [-0.05, 0) is 26.0 Å². The number of aliphatic imine (C=N–C) groups is 1. The van der Waals surface area contributed by atoms with Crippen molar-refractivity contribution in [3.8, 4) is 0 Å². The zero-order valence-corrected chi connectivity index (χ0v) is 16.7. The smallest absolute Gasteiger partial charge is 0.194 e. The van der Waals surface area contributed by atoms with Crippen molar-refractivity contribution in [1.82, 2.24) is 29.4 Å². The van der Waals surface area contributed by atoms with Crippen molar-refractivity contribution in [3.63, 3.8) is 0 Å². The molecule has 1 atom stereocenters. The molecule has 3 aromatic heterocycles. The molecule has 4 rings (SSSR count). The molecule has 8 nitrogen and oxygen atoms in total. The van der Waals surface area contributed by atoms with Gasteiger partial charge in [-0.1, -0.05) is 6.07 Å². The number of aryl methyl sites for hydroxylation is 2. The van der Waals surface area contributed by atoms with E-state index in [1.54, 1.807) is 0 Å². The lowest BCUT2D eigenvalue weighted by molar-refractivity contribution is -0.00805. The molecule has 0 amide bonds. The van der Waals surface area contributed by atoms with Gasteiger partial charge in [-0.25, -0.2) is 9.98 Å². The van der Waals surface area contributed by atoms with E-state index in [-0.39, 0.29) is 6.10 Å². The van der Waals surface area contributed by atoms with Crippen LogP contribution in [0.15, 0.2) is 41.8 Å². The van der Waals surface area contributed by atoms with Gasteiger partial charge in [0.1, 0.15) is 11.8 Å². The van der Waals surface area contributed by atoms with Crippen molar-refractivity contribution in [1.29, 1.82) is 0 Å². The molecule has 28 heavy (non-hydrogen) atoms. The van der Waals surface area contributed by atoms with E-state index in [0.29, 0.717) is 13.2 Å². The van der Waals surface area contributed by atoms with Gasteiger partial charge in [0.05, 0.1) is 31.6 Å². The summed E-state index contributed by atoms with van der Waals surface area (Å²) in [5, 5.41) is 7.67. The second-order valence-electron chi connectivity index (χ2n) is 7.05. The molecular formula is C20H27N7O. The van der Waals surface area contributed by atoms with Crippen LogP contribution < -0.4 is 5.32 Å². The molecule has 0 aromatic carbocycles. The third-order valence-electron chi connectivity index (χ3n) is 4.93. The van der Waals surface area contributed by atoms with Gasteiger partial charge >= 0.3 is 0 Å². The van der Waals surface area contributed by atoms with E-state index in [2.05, 4.69) is 50.8 Å². The minimum absolute atomic E-state index is 0.00384. The Bertz CT molecular complexity index is 974. The van der Waals surface area contributed by atoms with Crippen LogP contribution in [0.5, 0.6) is 0 Å². The van der Waals surface area contributed by atoms with Crippen LogP contribution in [0, 0.1) is 6.92 Å². The minimum Gasteiger partial charge on any atom is -0.370 e. The highest BCUT2D eigenvalue weighted by Gasteiger charge is 2.25. The van der Waals surface area contributed by atoms with Gasteiger partial charge in [0.25, 0.3) is 0 Å². The Morgan fingerprint density at radius 3 is 3.00 bits per heavy atom. The predicted octanol–water partition coefficient (Wildman–Crippen LogP) is 1.92. The zero-order chi connectivity index (χ0) is 19.5. The number of nitrogens with zero attached hydrogens (tertiary/aromatic N) is 6. The number of hydrogen-bond donors (Lipinski definition) is 1. The van der Waals surface area contributed by atoms with E-state index in [1.165, 1.54) is 5.69 Å². The number of pyridine rings is 1. The number of morpholine rings is 1. The standard InChI is InChI=1S/C20H27N7O/c1-4-21-20(22-11-17-13-27-15(2)6-5-7-19(27)24-17)26-8-9-28-18(14-26)16-10-23-25(3)12-16/h5-7,10,12-13,18H,4,8-9,11,14H2,1-3H3,(H,21,22). The minimum atomic E-state index is 0.00384. The summed E-state index contributed by atoms with van der Waals surface area (Å²) < 4.78 is 9.87. The van der Waals surface area contributed by atoms with Gasteiger partial charge in [0, 0.05) is 43.8 Å². The van der Waals surface area contributed by atoms with E-state index in [1.807, 2.05) is 36.3 Å². The average Bonchev–Trinajstić information content (AvgIpc) is 3.32. The second kappa shape index (κ2) is 8.02. The molecule has 0 bridgehead atoms. The van der Waals surface area contributed by atoms with Crippen LogP contribution in [0.4, 0.5) is 0 Å². The van der Waals surface area contributed by atoms with Gasteiger partial charge in [-0.2, -0.15) is 5.10 Å². The van der Waals surface area contributed by atoms with E-state index in [0.717, 1.165) is 42.5 Å². The highest BCUT2D eigenvalue weighted by Crippen LogP contribution is 2.21. The lowest BCUT2D eigenvalue weighted by atomic mass is 10.1. The molecule has 1 saturated heterocycles. The number of guanidine groups is 1. The SMILES string of the molecule is CCNC(=NCc1cn2c(C)cccc2n1)N1CCOC(c2cnn(C)c2)C1. The predicted molar refractivity (Wildman–Crippen MR) is 108 cm³/mol. The number of ether oxygens (including phenoxy) is 1. The first-order valence-corrected chi connectivity index (χ1v) is 9.71. The van der Waals surface area contributed by atoms with Crippen molar-refractivity contribution in [2.45, 2.75) is 26.5 Å². The molecule has 1 unspecified atom stereocenters. The molecule has 0 spiro atoms. The fraction of sp³-hybridized carbons (Fsp3) is 0.450. The number of aromatic nitrogens is 4. The molecule has 3 aromatic rings. The maximum atomic E-state index is 5.96. The molecule has 0 radical (unpaired) electrons. The number of imidazole rings is 1. The van der Waals surface area contributed by atoms with E-state index < -0.39 is 0 Å². The molecule has 8 heteroatoms. The van der Waals surface area contributed by atoms with Crippen LogP contribution in [0.3, 0.4) is 0 Å². The third kappa shape index (κ3) is 3.87. The van der Waals surface area contributed by atoms with Gasteiger partial charge in [0.2, 0.25) is 0 Å². The summed E-state index contributed by atoms with van der Waals surface area (Å²) in [5.41, 5.74) is 4.18. The summed E-state index contributed by atoms with van der Waals surface area (Å²) in [6, 6.07) is 6.13. The summed E-state index contributed by atoms with van der Waals surface area (Å²) in [6.45, 7) is 7.75. The zero-order valence-electron chi connectivity index (χ0n) is 16.7. The van der Waals surface area contributed by atoms with Gasteiger partial charge in [-0.15, -0.1) is 0 Å². The van der Waals surface area contributed by atoms with E-state index in [4.69, 9.17) is 9.73 Å². The maximum Gasteiger partial charge on any atom is 0.194 e. The monoisotopic (exact) mass is 381 g/mol. The number of nitrogens with one attached hydrogen (secondary N) is 1. The Balaban J connectivity index is 1.51. The van der Waals surface area contributed by atoms with Gasteiger partial charge in [-0.3, -0.25) is 4.68 Å². The Labute approximate surface area is 164 Å². The molecule has 148 valence electrons. The Morgan fingerprint density at radius 2 is 2.25 bits per heavy atom. The second-order valence-corrected chi connectivity index (χ2v) is 7.05. The van der Waals surface area contributed by atoms with Crippen LogP contribution in [0.2, 0.25) is 0 Å². The third-order valence-corrected chi connectivity index (χ3v) is 4.93. The van der Waals surface area contributed by atoms with Crippen molar-refractivity contribution in [2.24, 2.45) is 12.0 Å². The number of rotatable bonds is 4. The molecule has 1 N–H and O–H groups in total. The average molecular weight is 381 g/mol. The highest BCUT2D eigenvalue weighted by atomic mass is 16.5. The van der Waals surface area contributed by atoms with Crippen LogP contribution in [0.1, 0.15) is 30.0 Å². The summed E-state index contributed by atoms with van der Waals surface area (Å²) in [5.74, 6) is 0.897. The summed E-state index contributed by atoms with van der Waals surface area (Å²) in [6.07, 6.45) is 5.95. The first-order valence-electron chi connectivity index (χ1n) is 9.71. The summed E-state index contributed by atoms with van der Waals surface area (Å²) in [7, 11) is 1.92. The van der Waals surface area contributed by atoms with E-state index in [9.17, 15) is 0 Å². The fourth-order valence-electron chi connectivity index (χ4n) is 3.51. The van der Waals surface area contributed by atoms with Crippen molar-refractivity contribution < 1.29 is 4.74 Å². The normalized spacial score (nSPS) is 18.0. The van der Waals surface area contributed by atoms with Crippen molar-refractivity contribution in [2.75, 3.05) is 26.2 Å². The lowest BCUT2D eigenvalue weighted by Crippen LogP contribution is -2.48. The molecule has 4 heterocycles. The van der Waals surface area contributed by atoms with Crippen LogP contribution in [-0.2, 0) is 18.3 Å². The Hall–Kier alpha value is -2.87. The molecule has 0 saturated carbocycles. The highest BCUT2D eigenvalue weighted by molar-refractivity contribution is 5.80. The van der Waals surface area contributed by atoms with Crippen LogP contribution in [-0.4, -0.2) is 56.3 Å². The fourth-order valence-corrected chi connectivity index (χ4v) is 3.51. The van der Waals surface area contributed by atoms with Crippen molar-refractivity contribution >= 4 is 11.6 Å². The maximum absolute atomic E-state index is 5.96. The quantitative estimate of drug-likeness (QED) is 0.552. The van der Waals surface area contributed by atoms with Crippen LogP contribution in [0.25, 0.3) is 5.65 Å². The van der Waals surface area contributed by atoms with Gasteiger partial charge < -0.3 is 19.4 Å². The number of fused-ring (bicyclic) bond motifs is 1. The van der Waals surface area contributed by atoms with Gasteiger partial charge in [0.15, 0.2) is 5.96 Å². The lowest BCUT2D eigenvalue weighted by Gasteiger charge is -2.34. The number of hydrogen-bond acceptors (Lipinski definition) is 4. The Morgan fingerprint density at radius 1 is 1.36 bits per heavy atom. The van der Waals surface area contributed by atoms with Crippen LogP contribution >= 0.6 is 0 Å². The molecular weight excluding hydrogens is 354 g/mol. The topological polar surface area (TPSA) is 72.0 Å². The van der Waals surface area contributed by atoms with E-state index >= 15 is 0 Å². The van der Waals surface area contributed by atoms with Crippen molar-refractivity contribution in [3.05, 3.63) is 53.7 Å². The Kier molecular flexibility index (Phi) is 5.29. The summed E-state index contributed by atoms with van der Waals surface area (Å²) in [4.78, 5) is 11.8. The molecule has 0 aliphatic carbocycles. The molecule has 1 fully saturated rings. The molecule has 1 aliphatic rings. The largest absolute Gasteiger partial charge is 0.370 e. The molecule has 1 aliphatic heterocycles. The first-order chi connectivity index (χ1) is 13.6.